The van der Waals surface area contributed by atoms with Crippen LogP contribution < -0.4 is 0 Å². The monoisotopic (exact) mass is 432 g/mol. The molecule has 0 aromatic heterocycles. The van der Waals surface area contributed by atoms with Gasteiger partial charge in [0.25, 0.3) is 0 Å². The molecule has 4 saturated carbocycles. The average Bonchev–Trinajstić information content (AvgIpc) is 2.74. The van der Waals surface area contributed by atoms with Gasteiger partial charge in [0, 0.05) is 0 Å². The van der Waals surface area contributed by atoms with Crippen molar-refractivity contribution in [3.05, 3.63) is 57.6 Å². The summed E-state index contributed by atoms with van der Waals surface area (Å²) in [6, 6.07) is 9.18. The lowest BCUT2D eigenvalue weighted by atomic mass is 9.33. The van der Waals surface area contributed by atoms with Crippen LogP contribution in [0.2, 0.25) is 0 Å². The number of aryl methyl sites for hydroxylation is 4. The van der Waals surface area contributed by atoms with E-state index in [9.17, 15) is 10.2 Å². The molecule has 4 aliphatic rings. The van der Waals surface area contributed by atoms with Gasteiger partial charge in [-0.05, 0) is 121 Å². The Balaban J connectivity index is 1.75. The average molecular weight is 433 g/mol. The Morgan fingerprint density at radius 3 is 1.16 bits per heavy atom. The summed E-state index contributed by atoms with van der Waals surface area (Å²) in [5, 5.41) is 21.0. The minimum Gasteiger partial charge on any atom is -0.507 e. The van der Waals surface area contributed by atoms with Gasteiger partial charge in [-0.1, -0.05) is 51.0 Å². The van der Waals surface area contributed by atoms with E-state index in [2.05, 4.69) is 65.8 Å². The number of aromatic hydroxyl groups is 2. The van der Waals surface area contributed by atoms with Crippen LogP contribution in [0.5, 0.6) is 11.5 Å². The topological polar surface area (TPSA) is 40.5 Å². The molecule has 6 rings (SSSR count). The summed E-state index contributed by atoms with van der Waals surface area (Å²) in [5.41, 5.74) is 8.05. The highest BCUT2D eigenvalue weighted by molar-refractivity contribution is 5.50. The van der Waals surface area contributed by atoms with Crippen LogP contribution in [-0.2, 0) is 10.8 Å². The summed E-state index contributed by atoms with van der Waals surface area (Å²) >= 11 is 0. The summed E-state index contributed by atoms with van der Waals surface area (Å²) in [5.74, 6) is 0.904. The molecule has 4 aliphatic carbocycles. The van der Waals surface area contributed by atoms with E-state index in [1.54, 1.807) is 0 Å². The third-order valence-electron chi connectivity index (χ3n) is 9.99. The van der Waals surface area contributed by atoms with Crippen molar-refractivity contribution in [3.63, 3.8) is 0 Å². The van der Waals surface area contributed by atoms with E-state index >= 15 is 0 Å². The Labute approximate surface area is 194 Å². The molecule has 2 heteroatoms. The number of hydrogen-bond donors (Lipinski definition) is 2. The second-order valence-corrected chi connectivity index (χ2v) is 12.2. The standard InChI is InChI=1S/C30H40O2/c1-7-27-13-28(8-2)16-29(14-27,23-9-19(3)25(31)20(4)10-23)18-30(15-27,17-28)24-11-21(5)26(32)22(6)12-24/h9-12,31-32H,7-8,13-18H2,1-6H3. The molecule has 0 atom stereocenters. The van der Waals surface area contributed by atoms with Gasteiger partial charge in [0.15, 0.2) is 0 Å². The molecular formula is C30H40O2. The van der Waals surface area contributed by atoms with Gasteiger partial charge in [0.05, 0.1) is 0 Å². The lowest BCUT2D eigenvalue weighted by molar-refractivity contribution is -0.145. The maximum absolute atomic E-state index is 10.5. The maximum atomic E-state index is 10.5. The maximum Gasteiger partial charge on any atom is 0.121 e. The number of phenols is 2. The van der Waals surface area contributed by atoms with Crippen molar-refractivity contribution in [3.8, 4) is 11.5 Å². The first-order valence-electron chi connectivity index (χ1n) is 12.6. The fraction of sp³-hybridized carbons (Fsp3) is 0.600. The zero-order valence-corrected chi connectivity index (χ0v) is 20.9. The Bertz CT molecular complexity index is 948. The highest BCUT2D eigenvalue weighted by Gasteiger charge is 2.67. The minimum absolute atomic E-state index is 0.170. The normalized spacial score (nSPS) is 35.4. The van der Waals surface area contributed by atoms with Gasteiger partial charge in [0.1, 0.15) is 11.5 Å². The van der Waals surface area contributed by atoms with E-state index in [-0.39, 0.29) is 10.8 Å². The predicted octanol–water partition coefficient (Wildman–Crippen LogP) is 7.68. The zero-order valence-electron chi connectivity index (χ0n) is 20.9. The molecule has 32 heavy (non-hydrogen) atoms. The van der Waals surface area contributed by atoms with E-state index in [4.69, 9.17) is 0 Å². The van der Waals surface area contributed by atoms with Crippen LogP contribution in [0.4, 0.5) is 0 Å². The van der Waals surface area contributed by atoms with Crippen LogP contribution >= 0.6 is 0 Å². The summed E-state index contributed by atoms with van der Waals surface area (Å²) in [6.07, 6.45) is 10.1. The van der Waals surface area contributed by atoms with Gasteiger partial charge in [-0.25, -0.2) is 0 Å². The molecule has 0 unspecified atom stereocenters. The number of hydrogen-bond acceptors (Lipinski definition) is 2. The molecule has 2 nitrogen and oxygen atoms in total. The largest absolute Gasteiger partial charge is 0.507 e. The first-order valence-corrected chi connectivity index (χ1v) is 12.6. The van der Waals surface area contributed by atoms with Crippen molar-refractivity contribution in [1.29, 1.82) is 0 Å². The summed E-state index contributed by atoms with van der Waals surface area (Å²) < 4.78 is 0. The van der Waals surface area contributed by atoms with Crippen LogP contribution in [-0.4, -0.2) is 10.2 Å². The lowest BCUT2D eigenvalue weighted by Gasteiger charge is -2.71. The Hall–Kier alpha value is -1.96. The van der Waals surface area contributed by atoms with Gasteiger partial charge in [-0.3, -0.25) is 0 Å². The number of benzene rings is 2. The Morgan fingerprint density at radius 2 is 0.875 bits per heavy atom. The van der Waals surface area contributed by atoms with Crippen LogP contribution in [0.1, 0.15) is 98.6 Å². The van der Waals surface area contributed by atoms with E-state index in [0.717, 1.165) is 22.3 Å². The first kappa shape index (κ1) is 21.9. The van der Waals surface area contributed by atoms with E-state index in [0.29, 0.717) is 22.3 Å². The molecule has 0 aliphatic heterocycles. The smallest absolute Gasteiger partial charge is 0.121 e. The van der Waals surface area contributed by atoms with Crippen molar-refractivity contribution in [2.24, 2.45) is 10.8 Å². The summed E-state index contributed by atoms with van der Waals surface area (Å²) in [7, 11) is 0. The van der Waals surface area contributed by atoms with Crippen molar-refractivity contribution >= 4 is 0 Å². The van der Waals surface area contributed by atoms with Crippen LogP contribution in [0.25, 0.3) is 0 Å². The molecule has 4 bridgehead atoms. The summed E-state index contributed by atoms with van der Waals surface area (Å²) in [6.45, 7) is 13.1. The molecule has 0 radical (unpaired) electrons. The van der Waals surface area contributed by atoms with E-state index in [1.807, 2.05) is 0 Å². The molecular weight excluding hydrogens is 392 g/mol. The SMILES string of the molecule is CCC12CC3(CC)CC(c4cc(C)c(O)c(C)c4)(C1)CC(c1cc(C)c(O)c(C)c1)(C2)C3. The van der Waals surface area contributed by atoms with Gasteiger partial charge < -0.3 is 10.2 Å². The fourth-order valence-electron chi connectivity index (χ4n) is 8.95. The predicted molar refractivity (Wildman–Crippen MR) is 132 cm³/mol. The van der Waals surface area contributed by atoms with Crippen LogP contribution in [0, 0.1) is 38.5 Å². The second kappa shape index (κ2) is 6.78. The van der Waals surface area contributed by atoms with Gasteiger partial charge >= 0.3 is 0 Å². The fourth-order valence-corrected chi connectivity index (χ4v) is 8.95. The van der Waals surface area contributed by atoms with E-state index < -0.39 is 0 Å². The molecule has 2 aromatic rings. The Kier molecular flexibility index (Phi) is 4.63. The highest BCUT2D eigenvalue weighted by atomic mass is 16.3. The van der Waals surface area contributed by atoms with Crippen molar-refractivity contribution < 1.29 is 10.2 Å². The summed E-state index contributed by atoms with van der Waals surface area (Å²) in [4.78, 5) is 0. The van der Waals surface area contributed by atoms with Crippen molar-refractivity contribution in [2.45, 2.75) is 104 Å². The quantitative estimate of drug-likeness (QED) is 0.520. The lowest BCUT2D eigenvalue weighted by Crippen LogP contribution is -2.64. The van der Waals surface area contributed by atoms with Crippen LogP contribution in [0.15, 0.2) is 24.3 Å². The zero-order chi connectivity index (χ0) is 23.1. The molecule has 2 N–H and O–H groups in total. The Morgan fingerprint density at radius 1 is 0.562 bits per heavy atom. The van der Waals surface area contributed by atoms with Gasteiger partial charge in [-0.2, -0.15) is 0 Å². The minimum atomic E-state index is 0.170. The van der Waals surface area contributed by atoms with E-state index in [1.165, 1.54) is 62.5 Å². The van der Waals surface area contributed by atoms with Crippen molar-refractivity contribution in [1.82, 2.24) is 0 Å². The third-order valence-corrected chi connectivity index (χ3v) is 9.99. The third kappa shape index (κ3) is 2.90. The number of rotatable bonds is 4. The molecule has 172 valence electrons. The first-order chi connectivity index (χ1) is 15.0. The van der Waals surface area contributed by atoms with Crippen molar-refractivity contribution in [2.75, 3.05) is 0 Å². The van der Waals surface area contributed by atoms with Gasteiger partial charge in [-0.15, -0.1) is 0 Å². The molecule has 0 spiro atoms. The molecule has 0 heterocycles. The molecule has 2 aromatic carbocycles. The molecule has 4 fully saturated rings. The van der Waals surface area contributed by atoms with Crippen LogP contribution in [0.3, 0.4) is 0 Å². The number of phenolic OH excluding ortho intramolecular Hbond substituents is 2. The highest BCUT2D eigenvalue weighted by Crippen LogP contribution is 2.76. The molecule has 0 saturated heterocycles. The van der Waals surface area contributed by atoms with Gasteiger partial charge in [0.2, 0.25) is 0 Å². The second-order valence-electron chi connectivity index (χ2n) is 12.2. The molecule has 0 amide bonds.